The lowest BCUT2D eigenvalue weighted by Gasteiger charge is -2.08. The van der Waals surface area contributed by atoms with Gasteiger partial charge in [-0.1, -0.05) is 53.7 Å². The van der Waals surface area contributed by atoms with Gasteiger partial charge in [0.15, 0.2) is 5.76 Å². The van der Waals surface area contributed by atoms with Crippen LogP contribution >= 0.6 is 0 Å². The van der Waals surface area contributed by atoms with Crippen LogP contribution in [0.2, 0.25) is 0 Å². The molecule has 3 aromatic carbocycles. The number of carbonyl (C=O) groups excluding carboxylic acids is 1. The lowest BCUT2D eigenvalue weighted by Crippen LogP contribution is -2.27. The van der Waals surface area contributed by atoms with Crippen molar-refractivity contribution in [3.8, 4) is 22.8 Å². The molecule has 2 N–H and O–H groups in total. The standard InChI is InChI=1S/C23H19N3O3/c27-23(24-16-21-15-22(26-29-21)17-7-3-1-4-8-17)25-18-11-13-20(14-12-18)28-19-9-5-2-6-10-19/h1-15H,16H2,(H2,24,25,27). The number of amides is 2. The first kappa shape index (κ1) is 18.3. The molecular weight excluding hydrogens is 366 g/mol. The van der Waals surface area contributed by atoms with Crippen molar-refractivity contribution < 1.29 is 14.1 Å². The van der Waals surface area contributed by atoms with Crippen LogP contribution < -0.4 is 15.4 Å². The predicted molar refractivity (Wildman–Crippen MR) is 111 cm³/mol. The molecule has 0 bridgehead atoms. The third-order valence-corrected chi connectivity index (χ3v) is 4.14. The van der Waals surface area contributed by atoms with Crippen LogP contribution in [0.15, 0.2) is 95.5 Å². The molecule has 29 heavy (non-hydrogen) atoms. The summed E-state index contributed by atoms with van der Waals surface area (Å²) in [5.74, 6) is 2.02. The molecule has 0 aliphatic carbocycles. The highest BCUT2D eigenvalue weighted by molar-refractivity contribution is 5.89. The van der Waals surface area contributed by atoms with E-state index in [0.717, 1.165) is 17.0 Å². The van der Waals surface area contributed by atoms with Gasteiger partial charge in [0.2, 0.25) is 0 Å². The number of anilines is 1. The van der Waals surface area contributed by atoms with E-state index in [1.807, 2.05) is 66.7 Å². The maximum Gasteiger partial charge on any atom is 0.319 e. The summed E-state index contributed by atoms with van der Waals surface area (Å²) in [6.07, 6.45) is 0. The van der Waals surface area contributed by atoms with Gasteiger partial charge in [-0.2, -0.15) is 0 Å². The van der Waals surface area contributed by atoms with Crippen LogP contribution in [0.5, 0.6) is 11.5 Å². The van der Waals surface area contributed by atoms with Gasteiger partial charge in [0, 0.05) is 17.3 Å². The van der Waals surface area contributed by atoms with Crippen molar-refractivity contribution in [2.45, 2.75) is 6.54 Å². The van der Waals surface area contributed by atoms with Crippen molar-refractivity contribution in [2.75, 3.05) is 5.32 Å². The van der Waals surface area contributed by atoms with Crippen LogP contribution in [0, 0.1) is 0 Å². The lowest BCUT2D eigenvalue weighted by molar-refractivity contribution is 0.250. The van der Waals surface area contributed by atoms with E-state index in [4.69, 9.17) is 9.26 Å². The summed E-state index contributed by atoms with van der Waals surface area (Å²) in [4.78, 5) is 12.1. The zero-order chi connectivity index (χ0) is 19.9. The Morgan fingerprint density at radius 3 is 2.24 bits per heavy atom. The number of hydrogen-bond acceptors (Lipinski definition) is 4. The first-order chi connectivity index (χ1) is 14.3. The molecule has 6 heteroatoms. The van der Waals surface area contributed by atoms with Crippen molar-refractivity contribution in [1.82, 2.24) is 10.5 Å². The molecule has 1 aromatic heterocycles. The molecule has 6 nitrogen and oxygen atoms in total. The van der Waals surface area contributed by atoms with E-state index < -0.39 is 0 Å². The van der Waals surface area contributed by atoms with Crippen LogP contribution in [0.1, 0.15) is 5.76 Å². The highest BCUT2D eigenvalue weighted by Gasteiger charge is 2.08. The normalized spacial score (nSPS) is 10.3. The Labute approximate surface area is 168 Å². The summed E-state index contributed by atoms with van der Waals surface area (Å²) >= 11 is 0. The number of urea groups is 1. The van der Waals surface area contributed by atoms with Gasteiger partial charge in [-0.3, -0.25) is 0 Å². The van der Waals surface area contributed by atoms with E-state index in [0.29, 0.717) is 17.2 Å². The summed E-state index contributed by atoms with van der Waals surface area (Å²) < 4.78 is 11.0. The van der Waals surface area contributed by atoms with Gasteiger partial charge in [-0.25, -0.2) is 4.79 Å². The van der Waals surface area contributed by atoms with Crippen LogP contribution in [-0.4, -0.2) is 11.2 Å². The second-order valence-electron chi connectivity index (χ2n) is 6.29. The minimum Gasteiger partial charge on any atom is -0.457 e. The summed E-state index contributed by atoms with van der Waals surface area (Å²) in [5, 5.41) is 9.56. The Bertz CT molecular complexity index is 1060. The number of aromatic nitrogens is 1. The smallest absolute Gasteiger partial charge is 0.319 e. The minimum atomic E-state index is -0.334. The highest BCUT2D eigenvalue weighted by atomic mass is 16.5. The molecule has 0 aliphatic heterocycles. The average molecular weight is 385 g/mol. The fraction of sp³-hybridized carbons (Fsp3) is 0.0435. The Morgan fingerprint density at radius 2 is 1.52 bits per heavy atom. The summed E-state index contributed by atoms with van der Waals surface area (Å²) in [5.41, 5.74) is 2.35. The second-order valence-corrected chi connectivity index (χ2v) is 6.29. The van der Waals surface area contributed by atoms with Gasteiger partial charge in [-0.05, 0) is 36.4 Å². The Balaban J connectivity index is 1.28. The van der Waals surface area contributed by atoms with E-state index in [1.54, 1.807) is 24.3 Å². The number of carbonyl (C=O) groups is 1. The van der Waals surface area contributed by atoms with Crippen LogP contribution in [0.4, 0.5) is 10.5 Å². The molecule has 1 heterocycles. The van der Waals surface area contributed by atoms with Crippen LogP contribution in [-0.2, 0) is 6.54 Å². The Kier molecular flexibility index (Phi) is 5.53. The van der Waals surface area contributed by atoms with E-state index >= 15 is 0 Å². The van der Waals surface area contributed by atoms with Crippen molar-refractivity contribution in [3.63, 3.8) is 0 Å². The predicted octanol–water partition coefficient (Wildman–Crippen LogP) is 5.46. The summed E-state index contributed by atoms with van der Waals surface area (Å²) in [6, 6.07) is 27.9. The molecule has 144 valence electrons. The van der Waals surface area contributed by atoms with Crippen molar-refractivity contribution in [2.24, 2.45) is 0 Å². The first-order valence-corrected chi connectivity index (χ1v) is 9.15. The number of hydrogen-bond donors (Lipinski definition) is 2. The molecule has 0 radical (unpaired) electrons. The third kappa shape index (κ3) is 5.01. The highest BCUT2D eigenvalue weighted by Crippen LogP contribution is 2.22. The maximum atomic E-state index is 12.1. The van der Waals surface area contributed by atoms with Crippen molar-refractivity contribution >= 4 is 11.7 Å². The molecule has 0 saturated carbocycles. The van der Waals surface area contributed by atoms with Gasteiger partial charge >= 0.3 is 6.03 Å². The SMILES string of the molecule is O=C(NCc1cc(-c2ccccc2)no1)Nc1ccc(Oc2ccccc2)cc1. The third-order valence-electron chi connectivity index (χ3n) is 4.14. The molecule has 4 aromatic rings. The topological polar surface area (TPSA) is 76.4 Å². The van der Waals surface area contributed by atoms with E-state index in [1.165, 1.54) is 0 Å². The lowest BCUT2D eigenvalue weighted by atomic mass is 10.1. The van der Waals surface area contributed by atoms with E-state index in [2.05, 4.69) is 15.8 Å². The number of rotatable bonds is 6. The van der Waals surface area contributed by atoms with Gasteiger partial charge in [-0.15, -0.1) is 0 Å². The molecule has 4 rings (SSSR count). The number of benzene rings is 3. The van der Waals surface area contributed by atoms with Gasteiger partial charge in [0.1, 0.15) is 17.2 Å². The molecule has 0 unspecified atom stereocenters. The molecular formula is C23H19N3O3. The van der Waals surface area contributed by atoms with Crippen molar-refractivity contribution in [3.05, 3.63) is 96.8 Å². The number of para-hydroxylation sites is 1. The maximum absolute atomic E-state index is 12.1. The number of ether oxygens (including phenoxy) is 1. The number of nitrogens with zero attached hydrogens (tertiary/aromatic N) is 1. The molecule has 0 aliphatic rings. The van der Waals surface area contributed by atoms with Crippen molar-refractivity contribution in [1.29, 1.82) is 0 Å². The molecule has 0 atom stereocenters. The Hall–Kier alpha value is -4.06. The molecule has 0 fully saturated rings. The first-order valence-electron chi connectivity index (χ1n) is 9.15. The second kappa shape index (κ2) is 8.75. The minimum absolute atomic E-state index is 0.237. The average Bonchev–Trinajstić information content (AvgIpc) is 3.24. The van der Waals surface area contributed by atoms with E-state index in [-0.39, 0.29) is 12.6 Å². The molecule has 0 saturated heterocycles. The fourth-order valence-electron chi connectivity index (χ4n) is 2.71. The monoisotopic (exact) mass is 385 g/mol. The summed E-state index contributed by atoms with van der Waals surface area (Å²) in [6.45, 7) is 0.237. The van der Waals surface area contributed by atoms with E-state index in [9.17, 15) is 4.79 Å². The zero-order valence-corrected chi connectivity index (χ0v) is 15.5. The Morgan fingerprint density at radius 1 is 0.862 bits per heavy atom. The molecule has 0 spiro atoms. The zero-order valence-electron chi connectivity index (χ0n) is 15.5. The van der Waals surface area contributed by atoms with Gasteiger partial charge < -0.3 is 19.9 Å². The summed E-state index contributed by atoms with van der Waals surface area (Å²) in [7, 11) is 0. The van der Waals surface area contributed by atoms with Crippen LogP contribution in [0.25, 0.3) is 11.3 Å². The molecule has 2 amide bonds. The number of nitrogens with one attached hydrogen (secondary N) is 2. The van der Waals surface area contributed by atoms with Gasteiger partial charge in [0.05, 0.1) is 6.54 Å². The van der Waals surface area contributed by atoms with Gasteiger partial charge in [0.25, 0.3) is 0 Å². The van der Waals surface area contributed by atoms with Crippen LogP contribution in [0.3, 0.4) is 0 Å². The fourth-order valence-corrected chi connectivity index (χ4v) is 2.71. The quantitative estimate of drug-likeness (QED) is 0.462. The largest absolute Gasteiger partial charge is 0.457 e.